The van der Waals surface area contributed by atoms with Crippen molar-refractivity contribution in [3.05, 3.63) is 65.0 Å². The van der Waals surface area contributed by atoms with Crippen molar-refractivity contribution < 1.29 is 17.6 Å². The van der Waals surface area contributed by atoms with Crippen LogP contribution in [-0.4, -0.2) is 26.6 Å². The van der Waals surface area contributed by atoms with Crippen LogP contribution >= 0.6 is 0 Å². The number of hydrogen-bond acceptors (Lipinski definition) is 3. The summed E-state index contributed by atoms with van der Waals surface area (Å²) in [5.74, 6) is -1.01. The Morgan fingerprint density at radius 3 is 2.50 bits per heavy atom. The van der Waals surface area contributed by atoms with Gasteiger partial charge in [-0.3, -0.25) is 9.10 Å². The fourth-order valence-corrected chi connectivity index (χ4v) is 4.87. The number of carbonyl (C=O) groups excluding carboxylic acids is 1. The predicted octanol–water partition coefficient (Wildman–Crippen LogP) is 3.35. The molecule has 1 N–H and O–H groups in total. The lowest BCUT2D eigenvalue weighted by molar-refractivity contribution is -0.122. The van der Waals surface area contributed by atoms with Crippen LogP contribution in [0.25, 0.3) is 0 Å². The minimum absolute atomic E-state index is 0.121. The number of aryl methyl sites for hydroxylation is 2. The first-order chi connectivity index (χ1) is 13.2. The number of carbonyl (C=O) groups is 1. The van der Waals surface area contributed by atoms with Crippen LogP contribution in [0.2, 0.25) is 0 Å². The van der Waals surface area contributed by atoms with E-state index in [9.17, 15) is 17.6 Å². The molecule has 3 rings (SSSR count). The van der Waals surface area contributed by atoms with Crippen molar-refractivity contribution in [3.63, 3.8) is 0 Å². The third kappa shape index (κ3) is 4.35. The Bertz CT molecular complexity index is 991. The molecule has 5 nitrogen and oxygen atoms in total. The van der Waals surface area contributed by atoms with E-state index >= 15 is 0 Å². The standard InChI is InChI=1S/C21H25FN2O3S/c1-14(17-11-10-16-6-4-7-18(16)12-17)23-21(25)15(2)24(28(3,26)27)20-9-5-8-19(22)13-20/h5,8-15H,4,6-7H2,1-3H3,(H,23,25)/t14-,15+/m1/s1. The molecule has 1 aliphatic carbocycles. The minimum Gasteiger partial charge on any atom is -0.348 e. The van der Waals surface area contributed by atoms with Gasteiger partial charge in [0.25, 0.3) is 0 Å². The van der Waals surface area contributed by atoms with E-state index in [2.05, 4.69) is 17.4 Å². The van der Waals surface area contributed by atoms with E-state index in [0.29, 0.717) is 0 Å². The molecule has 28 heavy (non-hydrogen) atoms. The first kappa shape index (κ1) is 20.3. The molecule has 0 spiro atoms. The Kier molecular flexibility index (Phi) is 5.74. The van der Waals surface area contributed by atoms with E-state index in [1.807, 2.05) is 13.0 Å². The summed E-state index contributed by atoms with van der Waals surface area (Å²) in [6, 6.07) is 10.1. The molecule has 2 atom stereocenters. The summed E-state index contributed by atoms with van der Waals surface area (Å²) in [6.07, 6.45) is 4.28. The zero-order valence-electron chi connectivity index (χ0n) is 16.3. The van der Waals surface area contributed by atoms with Crippen LogP contribution in [0.3, 0.4) is 0 Å². The normalized spacial score (nSPS) is 15.6. The van der Waals surface area contributed by atoms with Gasteiger partial charge >= 0.3 is 0 Å². The monoisotopic (exact) mass is 404 g/mol. The fourth-order valence-electron chi connectivity index (χ4n) is 3.70. The number of amides is 1. The molecule has 1 aliphatic rings. The molecule has 0 unspecified atom stereocenters. The lowest BCUT2D eigenvalue weighted by Gasteiger charge is -2.29. The number of hydrogen-bond donors (Lipinski definition) is 1. The molecule has 0 bridgehead atoms. The quantitative estimate of drug-likeness (QED) is 0.803. The van der Waals surface area contributed by atoms with Gasteiger partial charge in [0, 0.05) is 0 Å². The first-order valence-corrected chi connectivity index (χ1v) is 11.2. The third-order valence-corrected chi connectivity index (χ3v) is 6.37. The van der Waals surface area contributed by atoms with Crippen molar-refractivity contribution in [2.75, 3.05) is 10.6 Å². The molecule has 0 heterocycles. The van der Waals surface area contributed by atoms with Gasteiger partial charge in [0.2, 0.25) is 15.9 Å². The van der Waals surface area contributed by atoms with Gasteiger partial charge in [0.15, 0.2) is 0 Å². The number of nitrogens with zero attached hydrogens (tertiary/aromatic N) is 1. The maximum atomic E-state index is 13.6. The van der Waals surface area contributed by atoms with E-state index in [0.717, 1.165) is 41.5 Å². The van der Waals surface area contributed by atoms with Crippen molar-refractivity contribution in [2.24, 2.45) is 0 Å². The van der Waals surface area contributed by atoms with Gasteiger partial charge in [-0.15, -0.1) is 0 Å². The van der Waals surface area contributed by atoms with Crippen molar-refractivity contribution in [2.45, 2.75) is 45.2 Å². The minimum atomic E-state index is -3.78. The largest absolute Gasteiger partial charge is 0.348 e. The Morgan fingerprint density at radius 1 is 1.11 bits per heavy atom. The second-order valence-electron chi connectivity index (χ2n) is 7.33. The number of fused-ring (bicyclic) bond motifs is 1. The summed E-state index contributed by atoms with van der Waals surface area (Å²) in [5, 5.41) is 2.89. The van der Waals surface area contributed by atoms with Crippen LogP contribution in [0, 0.1) is 5.82 Å². The maximum absolute atomic E-state index is 13.6. The van der Waals surface area contributed by atoms with Crippen LogP contribution in [0.1, 0.15) is 43.0 Å². The first-order valence-electron chi connectivity index (χ1n) is 9.34. The molecule has 0 aliphatic heterocycles. The van der Waals surface area contributed by atoms with Crippen LogP contribution < -0.4 is 9.62 Å². The summed E-state index contributed by atoms with van der Waals surface area (Å²) in [6.45, 7) is 3.37. The molecule has 2 aromatic carbocycles. The summed E-state index contributed by atoms with van der Waals surface area (Å²) in [7, 11) is -3.78. The van der Waals surface area contributed by atoms with Crippen molar-refractivity contribution in [1.82, 2.24) is 5.32 Å². The number of halogens is 1. The van der Waals surface area contributed by atoms with Gasteiger partial charge in [0.1, 0.15) is 11.9 Å². The third-order valence-electron chi connectivity index (χ3n) is 5.13. The molecule has 150 valence electrons. The summed E-state index contributed by atoms with van der Waals surface area (Å²) < 4.78 is 39.1. The highest BCUT2D eigenvalue weighted by Gasteiger charge is 2.30. The Morgan fingerprint density at radius 2 is 1.82 bits per heavy atom. The SMILES string of the molecule is C[C@@H](NC(=O)[C@H](C)N(c1cccc(F)c1)S(C)(=O)=O)c1ccc2c(c1)CCC2. The zero-order valence-corrected chi connectivity index (χ0v) is 17.1. The number of benzene rings is 2. The second kappa shape index (κ2) is 7.91. The fraction of sp³-hybridized carbons (Fsp3) is 0.381. The maximum Gasteiger partial charge on any atom is 0.244 e. The van der Waals surface area contributed by atoms with Gasteiger partial charge in [0.05, 0.1) is 18.0 Å². The Labute approximate surface area is 165 Å². The van der Waals surface area contributed by atoms with Crippen molar-refractivity contribution in [3.8, 4) is 0 Å². The Hall–Kier alpha value is -2.41. The van der Waals surface area contributed by atoms with E-state index in [4.69, 9.17) is 0 Å². The Balaban J connectivity index is 1.79. The number of nitrogens with one attached hydrogen (secondary N) is 1. The highest BCUT2D eigenvalue weighted by Crippen LogP contribution is 2.26. The van der Waals surface area contributed by atoms with Crippen LogP contribution in [0.15, 0.2) is 42.5 Å². The van der Waals surface area contributed by atoms with Gasteiger partial charge in [-0.25, -0.2) is 12.8 Å². The molecule has 0 saturated heterocycles. The lowest BCUT2D eigenvalue weighted by Crippen LogP contribution is -2.48. The van der Waals surface area contributed by atoms with Gasteiger partial charge in [-0.2, -0.15) is 0 Å². The molecule has 1 amide bonds. The molecule has 0 fully saturated rings. The average Bonchev–Trinajstić information content (AvgIpc) is 3.08. The van der Waals surface area contributed by atoms with Crippen LogP contribution in [0.5, 0.6) is 0 Å². The molecule has 0 radical (unpaired) electrons. The second-order valence-corrected chi connectivity index (χ2v) is 9.19. The predicted molar refractivity (Wildman–Crippen MR) is 108 cm³/mol. The summed E-state index contributed by atoms with van der Waals surface area (Å²) >= 11 is 0. The molecular weight excluding hydrogens is 379 g/mol. The number of rotatable bonds is 6. The molecule has 0 saturated carbocycles. The van der Waals surface area contributed by atoms with Crippen LogP contribution in [-0.2, 0) is 27.7 Å². The number of sulfonamides is 1. The summed E-state index contributed by atoms with van der Waals surface area (Å²) in [4.78, 5) is 12.8. The van der Waals surface area contributed by atoms with Crippen molar-refractivity contribution in [1.29, 1.82) is 0 Å². The van der Waals surface area contributed by atoms with Gasteiger partial charge in [-0.1, -0.05) is 24.3 Å². The summed E-state index contributed by atoms with van der Waals surface area (Å²) in [5.41, 5.74) is 3.77. The van der Waals surface area contributed by atoms with Crippen molar-refractivity contribution >= 4 is 21.6 Å². The highest BCUT2D eigenvalue weighted by molar-refractivity contribution is 7.92. The van der Waals surface area contributed by atoms with Gasteiger partial charge in [-0.05, 0) is 68.0 Å². The lowest BCUT2D eigenvalue weighted by atomic mass is 10.0. The van der Waals surface area contributed by atoms with Crippen LogP contribution in [0.4, 0.5) is 10.1 Å². The number of anilines is 1. The molecule has 2 aromatic rings. The highest BCUT2D eigenvalue weighted by atomic mass is 32.2. The zero-order chi connectivity index (χ0) is 20.5. The molecular formula is C21H25FN2O3S. The van der Waals surface area contributed by atoms with E-state index in [-0.39, 0.29) is 11.7 Å². The molecule has 0 aromatic heterocycles. The van der Waals surface area contributed by atoms with E-state index in [1.54, 1.807) is 0 Å². The van der Waals surface area contributed by atoms with E-state index < -0.39 is 27.8 Å². The molecule has 7 heteroatoms. The topological polar surface area (TPSA) is 66.5 Å². The van der Waals surface area contributed by atoms with Gasteiger partial charge < -0.3 is 5.32 Å². The van der Waals surface area contributed by atoms with E-state index in [1.165, 1.54) is 36.2 Å². The average molecular weight is 405 g/mol. The smallest absolute Gasteiger partial charge is 0.244 e.